The average molecular weight is 600 g/mol. The summed E-state index contributed by atoms with van der Waals surface area (Å²) in [7, 11) is 0. The summed E-state index contributed by atoms with van der Waals surface area (Å²) in [5.74, 6) is 0. The maximum atomic E-state index is 10.4. The zero-order chi connectivity index (χ0) is 31.1. The van der Waals surface area contributed by atoms with Crippen molar-refractivity contribution in [2.75, 3.05) is 0 Å². The van der Waals surface area contributed by atoms with Crippen LogP contribution in [-0.2, 0) is 0 Å². The minimum atomic E-state index is 0.639. The van der Waals surface area contributed by atoms with Crippen LogP contribution >= 0.6 is 0 Å². The van der Waals surface area contributed by atoms with Crippen LogP contribution in [0.4, 0.5) is 0 Å². The number of fused-ring (bicyclic) bond motifs is 10. The Balaban J connectivity index is 1.14. The van der Waals surface area contributed by atoms with E-state index in [4.69, 9.17) is 4.42 Å². The fourth-order valence-electron chi connectivity index (χ4n) is 7.54. The molecule has 0 N–H and O–H groups in total. The highest BCUT2D eigenvalue weighted by Gasteiger charge is 2.19. The third-order valence-corrected chi connectivity index (χ3v) is 9.57. The van der Waals surface area contributed by atoms with E-state index in [0.29, 0.717) is 5.56 Å². The third kappa shape index (κ3) is 3.63. The second kappa shape index (κ2) is 9.71. The van der Waals surface area contributed by atoms with Gasteiger partial charge in [-0.15, -0.1) is 0 Å². The predicted molar refractivity (Wildman–Crippen MR) is 193 cm³/mol. The summed E-state index contributed by atoms with van der Waals surface area (Å²) in [4.78, 5) is 0. The van der Waals surface area contributed by atoms with Gasteiger partial charge in [0.2, 0.25) is 0 Å². The first-order valence-corrected chi connectivity index (χ1v) is 15.8. The van der Waals surface area contributed by atoms with Gasteiger partial charge in [0, 0.05) is 38.3 Å². The molecule has 0 atom stereocenters. The Morgan fingerprint density at radius 2 is 1.04 bits per heavy atom. The normalized spacial score (nSPS) is 11.8. The molecular formula is C43H25N3O. The number of furan rings is 1. The number of aromatic nitrogens is 2. The molecule has 0 fully saturated rings. The van der Waals surface area contributed by atoms with E-state index >= 15 is 0 Å². The standard InChI is InChI=1S/C43H25N3O/c44-26-28-25-30(45-37-13-5-1-9-32(37)33-10-2-6-14-38(33)45)21-22-31(28)27-17-19-29(20-18-27)46-39-15-7-3-11-34(39)35-23-24-41-42(43(35)46)36-12-4-8-16-40(36)47-41/h1-25H. The zero-order valence-electron chi connectivity index (χ0n) is 25.2. The van der Waals surface area contributed by atoms with Crippen LogP contribution in [-0.4, -0.2) is 9.13 Å². The van der Waals surface area contributed by atoms with Gasteiger partial charge < -0.3 is 13.6 Å². The average Bonchev–Trinajstić information content (AvgIpc) is 3.79. The first kappa shape index (κ1) is 25.7. The fourth-order valence-corrected chi connectivity index (χ4v) is 7.54. The lowest BCUT2D eigenvalue weighted by Crippen LogP contribution is -1.97. The highest BCUT2D eigenvalue weighted by atomic mass is 16.3. The molecule has 4 heteroatoms. The molecule has 3 aromatic heterocycles. The molecule has 47 heavy (non-hydrogen) atoms. The molecule has 0 saturated carbocycles. The number of nitriles is 1. The largest absolute Gasteiger partial charge is 0.456 e. The highest BCUT2D eigenvalue weighted by molar-refractivity contribution is 6.24. The van der Waals surface area contributed by atoms with Crippen LogP contribution < -0.4 is 0 Å². The molecule has 0 aliphatic heterocycles. The van der Waals surface area contributed by atoms with E-state index in [1.54, 1.807) is 0 Å². The van der Waals surface area contributed by atoms with Crippen LogP contribution in [0.3, 0.4) is 0 Å². The minimum Gasteiger partial charge on any atom is -0.456 e. The Morgan fingerprint density at radius 3 is 1.72 bits per heavy atom. The second-order valence-electron chi connectivity index (χ2n) is 12.0. The Bertz CT molecular complexity index is 2860. The van der Waals surface area contributed by atoms with Crippen molar-refractivity contribution in [1.82, 2.24) is 9.13 Å². The molecule has 0 radical (unpaired) electrons. The number of hydrogen-bond acceptors (Lipinski definition) is 2. The first-order valence-electron chi connectivity index (χ1n) is 15.8. The van der Waals surface area contributed by atoms with Gasteiger partial charge >= 0.3 is 0 Å². The van der Waals surface area contributed by atoms with E-state index in [9.17, 15) is 5.26 Å². The highest BCUT2D eigenvalue weighted by Crippen LogP contribution is 2.41. The number of benzene rings is 7. The van der Waals surface area contributed by atoms with Crippen molar-refractivity contribution < 1.29 is 4.42 Å². The van der Waals surface area contributed by atoms with Gasteiger partial charge in [-0.25, -0.2) is 0 Å². The SMILES string of the molecule is N#Cc1cc(-n2c3ccccc3c3ccccc32)ccc1-c1ccc(-n2c3ccccc3c3ccc4oc5ccccc5c4c32)cc1. The quantitative estimate of drug-likeness (QED) is 0.203. The summed E-state index contributed by atoms with van der Waals surface area (Å²) in [6.45, 7) is 0. The van der Waals surface area contributed by atoms with Crippen LogP contribution in [0.1, 0.15) is 5.56 Å². The molecule has 0 saturated heterocycles. The third-order valence-electron chi connectivity index (χ3n) is 9.57. The van der Waals surface area contributed by atoms with E-state index < -0.39 is 0 Å². The second-order valence-corrected chi connectivity index (χ2v) is 12.0. The van der Waals surface area contributed by atoms with Crippen LogP contribution in [0.15, 0.2) is 156 Å². The van der Waals surface area contributed by atoms with E-state index in [0.717, 1.165) is 66.5 Å². The summed E-state index contributed by atoms with van der Waals surface area (Å²) >= 11 is 0. The molecule has 10 rings (SSSR count). The van der Waals surface area contributed by atoms with Crippen molar-refractivity contribution in [1.29, 1.82) is 5.26 Å². The van der Waals surface area contributed by atoms with E-state index in [-0.39, 0.29) is 0 Å². The molecule has 7 aromatic carbocycles. The van der Waals surface area contributed by atoms with Crippen molar-refractivity contribution in [2.24, 2.45) is 0 Å². The molecule has 4 nitrogen and oxygen atoms in total. The van der Waals surface area contributed by atoms with Gasteiger partial charge in [0.25, 0.3) is 0 Å². The van der Waals surface area contributed by atoms with Crippen LogP contribution in [0.2, 0.25) is 0 Å². The minimum absolute atomic E-state index is 0.639. The predicted octanol–water partition coefficient (Wildman–Crippen LogP) is 11.3. The molecule has 0 bridgehead atoms. The van der Waals surface area contributed by atoms with Crippen LogP contribution in [0.5, 0.6) is 0 Å². The van der Waals surface area contributed by atoms with Crippen molar-refractivity contribution in [3.63, 3.8) is 0 Å². The Morgan fingerprint density at radius 1 is 0.468 bits per heavy atom. The maximum absolute atomic E-state index is 10.4. The van der Waals surface area contributed by atoms with Crippen LogP contribution in [0.25, 0.3) is 88.1 Å². The number of para-hydroxylation sites is 4. The summed E-state index contributed by atoms with van der Waals surface area (Å²) in [6, 6.07) is 55.2. The smallest absolute Gasteiger partial charge is 0.137 e. The zero-order valence-corrected chi connectivity index (χ0v) is 25.2. The summed E-state index contributed by atoms with van der Waals surface area (Å²) in [6.07, 6.45) is 0. The van der Waals surface area contributed by atoms with Gasteiger partial charge in [0.1, 0.15) is 11.2 Å². The van der Waals surface area contributed by atoms with Gasteiger partial charge in [-0.2, -0.15) is 5.26 Å². The number of nitrogens with zero attached hydrogens (tertiary/aromatic N) is 3. The lowest BCUT2D eigenvalue weighted by atomic mass is 9.99. The topological polar surface area (TPSA) is 46.8 Å². The van der Waals surface area contributed by atoms with Crippen molar-refractivity contribution in [2.45, 2.75) is 0 Å². The first-order chi connectivity index (χ1) is 23.3. The van der Waals surface area contributed by atoms with E-state index in [1.165, 1.54) is 21.5 Å². The summed E-state index contributed by atoms with van der Waals surface area (Å²) < 4.78 is 10.9. The maximum Gasteiger partial charge on any atom is 0.137 e. The fraction of sp³-hybridized carbons (Fsp3) is 0. The Hall–Kier alpha value is -6.57. The van der Waals surface area contributed by atoms with Crippen LogP contribution in [0, 0.1) is 11.3 Å². The van der Waals surface area contributed by atoms with Gasteiger partial charge in [-0.1, -0.05) is 91.0 Å². The molecule has 0 amide bonds. The molecule has 0 aliphatic rings. The van der Waals surface area contributed by atoms with Crippen molar-refractivity contribution >= 4 is 65.6 Å². The van der Waals surface area contributed by atoms with Crippen molar-refractivity contribution in [3.8, 4) is 28.6 Å². The molecule has 0 spiro atoms. The lowest BCUT2D eigenvalue weighted by molar-refractivity contribution is 0.669. The van der Waals surface area contributed by atoms with Crippen molar-refractivity contribution in [3.05, 3.63) is 157 Å². The Labute approximate surface area is 269 Å². The van der Waals surface area contributed by atoms with Gasteiger partial charge in [-0.3, -0.25) is 0 Å². The molecular weight excluding hydrogens is 574 g/mol. The van der Waals surface area contributed by atoms with Gasteiger partial charge in [0.05, 0.1) is 39.1 Å². The van der Waals surface area contributed by atoms with E-state index in [2.05, 4.69) is 149 Å². The Kier molecular flexibility index (Phi) is 5.32. The molecule has 10 aromatic rings. The molecule has 3 heterocycles. The van der Waals surface area contributed by atoms with Gasteiger partial charge in [0.15, 0.2) is 0 Å². The lowest BCUT2D eigenvalue weighted by Gasteiger charge is -2.13. The summed E-state index contributed by atoms with van der Waals surface area (Å²) in [5.41, 5.74) is 10.9. The molecule has 0 unspecified atom stereocenters. The number of hydrogen-bond donors (Lipinski definition) is 0. The van der Waals surface area contributed by atoms with E-state index in [1.807, 2.05) is 18.2 Å². The number of rotatable bonds is 3. The monoisotopic (exact) mass is 599 g/mol. The summed E-state index contributed by atoms with van der Waals surface area (Å²) in [5, 5.41) is 17.4. The van der Waals surface area contributed by atoms with Gasteiger partial charge in [-0.05, 0) is 71.8 Å². The molecule has 218 valence electrons. The molecule has 0 aliphatic carbocycles.